The number of allylic oxidation sites excluding steroid dienone is 1. The molecule has 1 aliphatic carbocycles. The summed E-state index contributed by atoms with van der Waals surface area (Å²) < 4.78 is 20.2. The standard InChI is InChI=1S/C22H22ClFO3/c1-14-5-9-19(21(24)11-14)18-4-2-3-16(18)13-27-17-8-6-15(20(23)12-17)7-10-22(25)26/h5-6,8-9,11-12H,2-4,7,10,13H2,1H3,(H,25,26). The number of hydrogen-bond donors (Lipinski definition) is 1. The smallest absolute Gasteiger partial charge is 0.303 e. The van der Waals surface area contributed by atoms with Crippen LogP contribution >= 0.6 is 11.6 Å². The third-order valence-corrected chi connectivity index (χ3v) is 5.18. The predicted octanol–water partition coefficient (Wildman–Crippen LogP) is 5.82. The van der Waals surface area contributed by atoms with E-state index in [0.717, 1.165) is 41.5 Å². The van der Waals surface area contributed by atoms with E-state index in [1.807, 2.05) is 19.1 Å². The molecule has 0 radical (unpaired) electrons. The summed E-state index contributed by atoms with van der Waals surface area (Å²) in [5.41, 5.74) is 4.51. The molecule has 0 unspecified atom stereocenters. The molecule has 0 aliphatic heterocycles. The highest BCUT2D eigenvalue weighted by Gasteiger charge is 2.19. The maximum Gasteiger partial charge on any atom is 0.303 e. The van der Waals surface area contributed by atoms with Gasteiger partial charge in [-0.2, -0.15) is 0 Å². The van der Waals surface area contributed by atoms with Crippen LogP contribution in [0.15, 0.2) is 42.0 Å². The van der Waals surface area contributed by atoms with Gasteiger partial charge in [0.25, 0.3) is 0 Å². The number of aryl methyl sites for hydroxylation is 2. The average molecular weight is 389 g/mol. The molecule has 3 nitrogen and oxygen atoms in total. The van der Waals surface area contributed by atoms with Crippen molar-refractivity contribution in [2.75, 3.05) is 6.61 Å². The molecular formula is C22H22ClFO3. The average Bonchev–Trinajstić information content (AvgIpc) is 3.07. The Kier molecular flexibility index (Phi) is 6.17. The van der Waals surface area contributed by atoms with E-state index in [9.17, 15) is 9.18 Å². The molecule has 0 saturated heterocycles. The molecule has 0 amide bonds. The molecule has 142 valence electrons. The van der Waals surface area contributed by atoms with Crippen LogP contribution in [0, 0.1) is 12.7 Å². The quantitative estimate of drug-likeness (QED) is 0.649. The Hall–Kier alpha value is -2.33. The molecule has 0 bridgehead atoms. The lowest BCUT2D eigenvalue weighted by Crippen LogP contribution is -2.03. The number of hydrogen-bond acceptors (Lipinski definition) is 2. The molecule has 5 heteroatoms. The van der Waals surface area contributed by atoms with E-state index in [0.29, 0.717) is 29.4 Å². The van der Waals surface area contributed by atoms with E-state index in [-0.39, 0.29) is 12.2 Å². The van der Waals surface area contributed by atoms with Gasteiger partial charge in [0.1, 0.15) is 18.2 Å². The van der Waals surface area contributed by atoms with Crippen LogP contribution in [0.2, 0.25) is 5.02 Å². The van der Waals surface area contributed by atoms with E-state index in [1.54, 1.807) is 24.3 Å². The predicted molar refractivity (Wildman–Crippen MR) is 105 cm³/mol. The number of carboxylic acid groups (broad SMARTS) is 1. The third kappa shape index (κ3) is 4.89. The normalized spacial score (nSPS) is 13.9. The fourth-order valence-corrected chi connectivity index (χ4v) is 3.65. The number of halogens is 2. The van der Waals surface area contributed by atoms with Crippen molar-refractivity contribution in [3.05, 3.63) is 69.5 Å². The first-order chi connectivity index (χ1) is 12.9. The summed E-state index contributed by atoms with van der Waals surface area (Å²) in [6, 6.07) is 10.6. The maximum atomic E-state index is 14.3. The minimum absolute atomic E-state index is 0.0400. The molecule has 0 saturated carbocycles. The highest BCUT2D eigenvalue weighted by molar-refractivity contribution is 6.31. The molecule has 0 fully saturated rings. The number of aliphatic carboxylic acids is 1. The van der Waals surface area contributed by atoms with Gasteiger partial charge in [0, 0.05) is 17.0 Å². The van der Waals surface area contributed by atoms with Gasteiger partial charge in [0.2, 0.25) is 0 Å². The van der Waals surface area contributed by atoms with Crippen molar-refractivity contribution < 1.29 is 19.0 Å². The number of ether oxygens (including phenoxy) is 1. The van der Waals surface area contributed by atoms with Crippen LogP contribution in [-0.2, 0) is 11.2 Å². The van der Waals surface area contributed by atoms with Crippen molar-refractivity contribution in [1.29, 1.82) is 0 Å². The lowest BCUT2D eigenvalue weighted by Gasteiger charge is -2.12. The van der Waals surface area contributed by atoms with E-state index in [2.05, 4.69) is 0 Å². The molecular weight excluding hydrogens is 367 g/mol. The second-order valence-electron chi connectivity index (χ2n) is 6.85. The van der Waals surface area contributed by atoms with Crippen LogP contribution in [0.25, 0.3) is 5.57 Å². The largest absolute Gasteiger partial charge is 0.489 e. The number of rotatable bonds is 7. The summed E-state index contributed by atoms with van der Waals surface area (Å²) in [5, 5.41) is 9.28. The summed E-state index contributed by atoms with van der Waals surface area (Å²) in [4.78, 5) is 10.7. The van der Waals surface area contributed by atoms with Gasteiger partial charge in [-0.25, -0.2) is 4.39 Å². The minimum Gasteiger partial charge on any atom is -0.489 e. The van der Waals surface area contributed by atoms with Gasteiger partial charge in [0.05, 0.1) is 0 Å². The van der Waals surface area contributed by atoms with Gasteiger partial charge < -0.3 is 9.84 Å². The van der Waals surface area contributed by atoms with Crippen molar-refractivity contribution in [3.8, 4) is 5.75 Å². The second-order valence-corrected chi connectivity index (χ2v) is 7.26. The van der Waals surface area contributed by atoms with E-state index < -0.39 is 5.97 Å². The minimum atomic E-state index is -0.851. The van der Waals surface area contributed by atoms with Gasteiger partial charge in [-0.05, 0) is 73.1 Å². The Bertz CT molecular complexity index is 889. The van der Waals surface area contributed by atoms with Crippen LogP contribution in [0.4, 0.5) is 4.39 Å². The van der Waals surface area contributed by atoms with Crippen molar-refractivity contribution >= 4 is 23.1 Å². The highest BCUT2D eigenvalue weighted by atomic mass is 35.5. The molecule has 0 spiro atoms. The molecule has 2 aromatic carbocycles. The van der Waals surface area contributed by atoms with Crippen LogP contribution in [0.3, 0.4) is 0 Å². The van der Waals surface area contributed by atoms with Gasteiger partial charge in [0.15, 0.2) is 0 Å². The SMILES string of the molecule is Cc1ccc(C2=C(COc3ccc(CCC(=O)O)c(Cl)c3)CCC2)c(F)c1. The van der Waals surface area contributed by atoms with Crippen molar-refractivity contribution in [2.24, 2.45) is 0 Å². The Morgan fingerprint density at radius 3 is 2.74 bits per heavy atom. The Labute approximate surface area is 163 Å². The zero-order valence-corrected chi connectivity index (χ0v) is 16.0. The fourth-order valence-electron chi connectivity index (χ4n) is 3.39. The molecule has 1 N–H and O–H groups in total. The van der Waals surface area contributed by atoms with Gasteiger partial charge in [-0.3, -0.25) is 4.79 Å². The maximum absolute atomic E-state index is 14.3. The molecule has 0 heterocycles. The van der Waals surface area contributed by atoms with Crippen LogP contribution in [0.5, 0.6) is 5.75 Å². The topological polar surface area (TPSA) is 46.5 Å². The van der Waals surface area contributed by atoms with Gasteiger partial charge in [-0.15, -0.1) is 0 Å². The second kappa shape index (κ2) is 8.57. The van der Waals surface area contributed by atoms with E-state index in [4.69, 9.17) is 21.4 Å². The summed E-state index contributed by atoms with van der Waals surface area (Å²) in [7, 11) is 0. The molecule has 0 aromatic heterocycles. The molecule has 3 rings (SSSR count). The molecule has 2 aromatic rings. The summed E-state index contributed by atoms with van der Waals surface area (Å²) in [5.74, 6) is -0.409. The van der Waals surface area contributed by atoms with Crippen LogP contribution in [0.1, 0.15) is 42.4 Å². The summed E-state index contributed by atoms with van der Waals surface area (Å²) in [6.45, 7) is 2.28. The first-order valence-corrected chi connectivity index (χ1v) is 9.42. The van der Waals surface area contributed by atoms with Crippen molar-refractivity contribution in [2.45, 2.75) is 39.0 Å². The molecule has 27 heavy (non-hydrogen) atoms. The zero-order chi connectivity index (χ0) is 19.4. The van der Waals surface area contributed by atoms with Gasteiger partial charge in [-0.1, -0.05) is 29.8 Å². The number of carbonyl (C=O) groups is 1. The van der Waals surface area contributed by atoms with Crippen molar-refractivity contribution in [1.82, 2.24) is 0 Å². The zero-order valence-electron chi connectivity index (χ0n) is 15.2. The highest BCUT2D eigenvalue weighted by Crippen LogP contribution is 2.36. The first kappa shape index (κ1) is 19.4. The summed E-state index contributed by atoms with van der Waals surface area (Å²) in [6.07, 6.45) is 3.17. The van der Waals surface area contributed by atoms with Crippen LogP contribution in [-0.4, -0.2) is 17.7 Å². The van der Waals surface area contributed by atoms with Crippen molar-refractivity contribution in [3.63, 3.8) is 0 Å². The van der Waals surface area contributed by atoms with E-state index >= 15 is 0 Å². The first-order valence-electron chi connectivity index (χ1n) is 9.04. The Balaban J connectivity index is 1.71. The van der Waals surface area contributed by atoms with Gasteiger partial charge >= 0.3 is 5.97 Å². The Morgan fingerprint density at radius 2 is 2.04 bits per heavy atom. The Morgan fingerprint density at radius 1 is 1.22 bits per heavy atom. The molecule has 1 aliphatic rings. The monoisotopic (exact) mass is 388 g/mol. The van der Waals surface area contributed by atoms with E-state index in [1.165, 1.54) is 0 Å². The van der Waals surface area contributed by atoms with Crippen LogP contribution < -0.4 is 4.74 Å². The fraction of sp³-hybridized carbons (Fsp3) is 0.318. The number of benzene rings is 2. The third-order valence-electron chi connectivity index (χ3n) is 4.83. The lowest BCUT2D eigenvalue weighted by molar-refractivity contribution is -0.136. The summed E-state index contributed by atoms with van der Waals surface area (Å²) >= 11 is 6.23. The molecule has 0 atom stereocenters. The number of carboxylic acids is 1. The lowest BCUT2D eigenvalue weighted by atomic mass is 10.0.